The molecule has 10 nitrogen and oxygen atoms in total. The third-order valence-corrected chi connectivity index (χ3v) is 10.9. The van der Waals surface area contributed by atoms with Gasteiger partial charge in [0.25, 0.3) is 0 Å². The maximum absolute atomic E-state index is 12.5. The number of aryl methyl sites for hydroxylation is 1. The topological polar surface area (TPSA) is 136 Å². The minimum Gasteiger partial charge on any atom is -0.465 e. The highest BCUT2D eigenvalue weighted by Crippen LogP contribution is 2.38. The molecule has 9 rings (SSSR count). The zero-order valence-corrected chi connectivity index (χ0v) is 33.7. The molecule has 4 aromatic carbocycles. The summed E-state index contributed by atoms with van der Waals surface area (Å²) in [6.07, 6.45) is 8.00. The summed E-state index contributed by atoms with van der Waals surface area (Å²) in [5, 5.41) is 0. The number of benzene rings is 4. The first kappa shape index (κ1) is 38.4. The molecule has 0 saturated carbocycles. The molecule has 0 radical (unpaired) electrons. The number of aromatic amines is 2. The number of fused-ring (bicyclic) bond motifs is 8. The number of esters is 3. The molecule has 0 amide bonds. The highest BCUT2D eigenvalue weighted by molar-refractivity contribution is 6.01. The first-order valence-corrected chi connectivity index (χ1v) is 19.5. The van der Waals surface area contributed by atoms with Crippen LogP contribution >= 0.6 is 0 Å². The number of nitrogens with zero attached hydrogens (tertiary/aromatic N) is 2. The number of hydrogen-bond donors (Lipinski definition) is 2. The van der Waals surface area contributed by atoms with E-state index in [-0.39, 0.29) is 0 Å². The lowest BCUT2D eigenvalue weighted by Gasteiger charge is -2.08. The Balaban J connectivity index is 1.41. The summed E-state index contributed by atoms with van der Waals surface area (Å²) in [4.78, 5) is 55.5. The molecule has 5 heterocycles. The molecule has 0 fully saturated rings. The van der Waals surface area contributed by atoms with E-state index in [1.807, 2.05) is 78.9 Å². The van der Waals surface area contributed by atoms with E-state index < -0.39 is 17.9 Å². The molecule has 0 aliphatic carbocycles. The molecule has 8 bridgehead atoms. The van der Waals surface area contributed by atoms with Crippen LogP contribution in [0.15, 0.2) is 121 Å². The molecule has 7 aromatic rings. The molecule has 2 aliphatic rings. The van der Waals surface area contributed by atoms with E-state index in [0.717, 1.165) is 77.8 Å². The fraction of sp³-hybridized carbons (Fsp3) is 0.0784. The molecule has 0 atom stereocenters. The summed E-state index contributed by atoms with van der Waals surface area (Å²) in [6.45, 7) is 2.06. The number of ether oxygens (including phenoxy) is 3. The van der Waals surface area contributed by atoms with Gasteiger partial charge in [-0.05, 0) is 114 Å². The van der Waals surface area contributed by atoms with Crippen molar-refractivity contribution < 1.29 is 28.6 Å². The molecular formula is C51H38N4O6. The summed E-state index contributed by atoms with van der Waals surface area (Å²) >= 11 is 0. The van der Waals surface area contributed by atoms with Crippen molar-refractivity contribution in [2.24, 2.45) is 0 Å². The van der Waals surface area contributed by atoms with Crippen molar-refractivity contribution in [1.29, 1.82) is 0 Å². The van der Waals surface area contributed by atoms with Crippen LogP contribution in [0.25, 0.3) is 90.9 Å². The van der Waals surface area contributed by atoms with Crippen molar-refractivity contribution in [2.75, 3.05) is 21.3 Å². The van der Waals surface area contributed by atoms with Gasteiger partial charge in [0.1, 0.15) is 0 Å². The van der Waals surface area contributed by atoms with Crippen LogP contribution in [0.4, 0.5) is 0 Å². The van der Waals surface area contributed by atoms with E-state index in [4.69, 9.17) is 24.2 Å². The highest BCUT2D eigenvalue weighted by atomic mass is 16.5. The summed E-state index contributed by atoms with van der Waals surface area (Å²) in [5.74, 6) is -1.29. The molecule has 0 spiro atoms. The van der Waals surface area contributed by atoms with E-state index in [9.17, 15) is 14.4 Å². The van der Waals surface area contributed by atoms with E-state index in [1.165, 1.54) is 21.3 Å². The van der Waals surface area contributed by atoms with Gasteiger partial charge in [-0.3, -0.25) is 0 Å². The molecule has 2 aliphatic heterocycles. The third-order valence-electron chi connectivity index (χ3n) is 10.9. The fourth-order valence-electron chi connectivity index (χ4n) is 7.81. The van der Waals surface area contributed by atoms with Crippen molar-refractivity contribution in [3.8, 4) is 44.5 Å². The van der Waals surface area contributed by atoms with Gasteiger partial charge in [-0.15, -0.1) is 0 Å². The van der Waals surface area contributed by atoms with Crippen LogP contribution in [0.2, 0.25) is 0 Å². The van der Waals surface area contributed by atoms with Gasteiger partial charge < -0.3 is 24.2 Å². The summed E-state index contributed by atoms with van der Waals surface area (Å²) in [7, 11) is 4.08. The van der Waals surface area contributed by atoms with Crippen LogP contribution in [-0.2, 0) is 14.2 Å². The Morgan fingerprint density at radius 3 is 0.869 bits per heavy atom. The Labute approximate surface area is 350 Å². The highest BCUT2D eigenvalue weighted by Gasteiger charge is 2.20. The number of carbonyl (C=O) groups is 3. The maximum Gasteiger partial charge on any atom is 0.337 e. The van der Waals surface area contributed by atoms with Gasteiger partial charge in [0.2, 0.25) is 0 Å². The van der Waals surface area contributed by atoms with Gasteiger partial charge in [0.15, 0.2) is 0 Å². The lowest BCUT2D eigenvalue weighted by atomic mass is 10.0. The minimum atomic E-state index is -0.435. The third kappa shape index (κ3) is 7.20. The first-order valence-electron chi connectivity index (χ1n) is 19.5. The van der Waals surface area contributed by atoms with Crippen LogP contribution in [0.5, 0.6) is 0 Å². The molecule has 10 heteroatoms. The number of methoxy groups -OCH3 is 3. The minimum absolute atomic E-state index is 0.419. The van der Waals surface area contributed by atoms with Gasteiger partial charge in [-0.25, -0.2) is 24.4 Å². The average molecular weight is 803 g/mol. The van der Waals surface area contributed by atoms with E-state index in [0.29, 0.717) is 33.8 Å². The van der Waals surface area contributed by atoms with Crippen molar-refractivity contribution in [3.05, 3.63) is 166 Å². The summed E-state index contributed by atoms with van der Waals surface area (Å²) in [5.41, 5.74) is 15.3. The second kappa shape index (κ2) is 15.9. The van der Waals surface area contributed by atoms with Crippen LogP contribution in [-0.4, -0.2) is 59.2 Å². The normalized spacial score (nSPS) is 11.7. The van der Waals surface area contributed by atoms with E-state index in [1.54, 1.807) is 36.4 Å². The molecule has 3 aromatic heterocycles. The summed E-state index contributed by atoms with van der Waals surface area (Å²) < 4.78 is 15.0. The Kier molecular flexibility index (Phi) is 10.0. The van der Waals surface area contributed by atoms with Crippen molar-refractivity contribution in [2.45, 2.75) is 6.92 Å². The smallest absolute Gasteiger partial charge is 0.337 e. The molecule has 0 saturated heterocycles. The van der Waals surface area contributed by atoms with Crippen molar-refractivity contribution in [3.63, 3.8) is 0 Å². The lowest BCUT2D eigenvalue weighted by Crippen LogP contribution is -2.00. The van der Waals surface area contributed by atoms with E-state index in [2.05, 4.69) is 47.2 Å². The van der Waals surface area contributed by atoms with Crippen LogP contribution in [0, 0.1) is 6.92 Å². The Morgan fingerprint density at radius 2 is 0.623 bits per heavy atom. The zero-order valence-electron chi connectivity index (χ0n) is 33.7. The Hall–Kier alpha value is -8.11. The van der Waals surface area contributed by atoms with Crippen LogP contribution < -0.4 is 0 Å². The van der Waals surface area contributed by atoms with Crippen molar-refractivity contribution in [1.82, 2.24) is 19.9 Å². The van der Waals surface area contributed by atoms with Gasteiger partial charge in [0, 0.05) is 44.3 Å². The monoisotopic (exact) mass is 802 g/mol. The number of aromatic nitrogens is 4. The van der Waals surface area contributed by atoms with Crippen molar-refractivity contribution >= 4 is 64.3 Å². The molecular weight excluding hydrogens is 765 g/mol. The largest absolute Gasteiger partial charge is 0.465 e. The molecule has 2 N–H and O–H groups in total. The maximum atomic E-state index is 12.5. The van der Waals surface area contributed by atoms with Gasteiger partial charge >= 0.3 is 17.9 Å². The number of carbonyl (C=O) groups excluding carboxylic acids is 3. The number of H-pyrrole nitrogens is 2. The fourth-order valence-corrected chi connectivity index (χ4v) is 7.81. The first-order chi connectivity index (χ1) is 29.7. The van der Waals surface area contributed by atoms with E-state index >= 15 is 0 Å². The Morgan fingerprint density at radius 1 is 0.377 bits per heavy atom. The zero-order chi connectivity index (χ0) is 42.2. The summed E-state index contributed by atoms with van der Waals surface area (Å²) in [6, 6.07) is 38.3. The number of rotatable bonds is 7. The molecule has 298 valence electrons. The number of nitrogens with one attached hydrogen (secondary N) is 2. The van der Waals surface area contributed by atoms with Crippen LogP contribution in [0.3, 0.4) is 0 Å². The second-order valence-corrected chi connectivity index (χ2v) is 14.6. The quantitative estimate of drug-likeness (QED) is 0.120. The number of hydrogen-bond acceptors (Lipinski definition) is 8. The lowest BCUT2D eigenvalue weighted by molar-refractivity contribution is 0.0592. The molecule has 61 heavy (non-hydrogen) atoms. The standard InChI is InChI=1S/C51H38N4O6/c1-29-5-7-30(8-6-29)45-37-21-23-39(52-37)46(31-9-15-34(16-10-31)49(56)59-2)41-25-27-43(54-41)48(33-13-19-36(20-14-33)51(58)61-4)44-28-26-42(55-44)47(40-24-22-38(45)53-40)32-11-17-35(18-12-32)50(57)60-3/h5-28,52,55H,1-4H3. The second-order valence-electron chi connectivity index (χ2n) is 14.6. The SMILES string of the molecule is COC(=O)c1ccc(-c2c3nc(c(-c4ccc(C(=O)OC)cc4)c4ccc([nH]4)c(-c4ccc(C(=O)OC)cc4)c4nc(c(-c5ccc(C)cc5)c5ccc2[nH]5)C=C4)C=C3)cc1. The predicted molar refractivity (Wildman–Crippen MR) is 239 cm³/mol. The van der Waals surface area contributed by atoms with Gasteiger partial charge in [0.05, 0.1) is 60.8 Å². The van der Waals surface area contributed by atoms with Crippen LogP contribution in [0.1, 0.15) is 59.4 Å². The van der Waals surface area contributed by atoms with Gasteiger partial charge in [-0.1, -0.05) is 66.2 Å². The van der Waals surface area contributed by atoms with Gasteiger partial charge in [-0.2, -0.15) is 0 Å². The average Bonchev–Trinajstić information content (AvgIpc) is 4.15. The predicted octanol–water partition coefficient (Wildman–Crippen LogP) is 11.0. The Bertz CT molecular complexity index is 3060. The molecule has 0 unspecified atom stereocenters.